The number of rotatable bonds is 5. The van der Waals surface area contributed by atoms with Crippen LogP contribution in [0.5, 0.6) is 0 Å². The maximum atomic E-state index is 12.2. The molecule has 0 spiro atoms. The Morgan fingerprint density at radius 3 is 2.90 bits per heavy atom. The number of carbonyl (C=O) groups excluding carboxylic acids is 1. The van der Waals surface area contributed by atoms with Gasteiger partial charge in [-0.25, -0.2) is 4.98 Å². The lowest BCUT2D eigenvalue weighted by Crippen LogP contribution is -2.41. The first-order valence-electron chi connectivity index (χ1n) is 6.90. The van der Waals surface area contributed by atoms with E-state index in [1.54, 1.807) is 5.38 Å². The molecule has 1 aromatic carbocycles. The van der Waals surface area contributed by atoms with Crippen molar-refractivity contribution in [1.29, 1.82) is 0 Å². The Bertz CT molecular complexity index is 654. The van der Waals surface area contributed by atoms with Gasteiger partial charge in [0.1, 0.15) is 10.7 Å². The first kappa shape index (κ1) is 14.5. The van der Waals surface area contributed by atoms with Crippen molar-refractivity contribution in [3.05, 3.63) is 40.4 Å². The fraction of sp³-hybridized carbons (Fsp3) is 0.333. The maximum Gasteiger partial charge on any atom is 0.271 e. The van der Waals surface area contributed by atoms with Crippen LogP contribution in [0.15, 0.2) is 29.6 Å². The van der Waals surface area contributed by atoms with Crippen LogP contribution in [0.25, 0.3) is 10.6 Å². The second-order valence-corrected chi connectivity index (χ2v) is 6.44. The Morgan fingerprint density at radius 1 is 1.48 bits per heavy atom. The highest BCUT2D eigenvalue weighted by molar-refractivity contribution is 7.13. The van der Waals surface area contributed by atoms with Crippen molar-refractivity contribution in [3.8, 4) is 10.6 Å². The van der Waals surface area contributed by atoms with Gasteiger partial charge in [0.2, 0.25) is 0 Å². The summed E-state index contributed by atoms with van der Waals surface area (Å²) in [5.41, 5.74) is 6.98. The number of halogens is 1. The summed E-state index contributed by atoms with van der Waals surface area (Å²) in [5.74, 6) is 0.368. The minimum atomic E-state index is -0.160. The van der Waals surface area contributed by atoms with Crippen molar-refractivity contribution in [2.75, 3.05) is 6.54 Å². The first-order valence-corrected chi connectivity index (χ1v) is 8.16. The number of amides is 1. The quantitative estimate of drug-likeness (QED) is 0.889. The fourth-order valence-corrected chi connectivity index (χ4v) is 3.37. The molecule has 6 heteroatoms. The number of carbonyl (C=O) groups is 1. The lowest BCUT2D eigenvalue weighted by molar-refractivity contribution is 0.0929. The highest BCUT2D eigenvalue weighted by atomic mass is 35.5. The molecular formula is C15H16ClN3OS. The van der Waals surface area contributed by atoms with Crippen molar-refractivity contribution in [3.63, 3.8) is 0 Å². The second-order valence-electron chi connectivity index (χ2n) is 5.17. The van der Waals surface area contributed by atoms with Gasteiger partial charge in [0.25, 0.3) is 5.91 Å². The SMILES string of the molecule is NCC(NC(=O)c1csc(-c2ccccc2Cl)n1)C1CC1. The van der Waals surface area contributed by atoms with Gasteiger partial charge >= 0.3 is 0 Å². The highest BCUT2D eigenvalue weighted by Crippen LogP contribution is 2.33. The van der Waals surface area contributed by atoms with Crippen LogP contribution in [-0.2, 0) is 0 Å². The van der Waals surface area contributed by atoms with Gasteiger partial charge in [0.05, 0.1) is 5.02 Å². The van der Waals surface area contributed by atoms with E-state index in [9.17, 15) is 4.79 Å². The summed E-state index contributed by atoms with van der Waals surface area (Å²) in [4.78, 5) is 16.6. The molecule has 1 saturated carbocycles. The van der Waals surface area contributed by atoms with Gasteiger partial charge in [-0.3, -0.25) is 4.79 Å². The van der Waals surface area contributed by atoms with Crippen molar-refractivity contribution in [2.45, 2.75) is 18.9 Å². The Kier molecular flexibility index (Phi) is 4.24. The Balaban J connectivity index is 1.75. The molecule has 1 atom stereocenters. The highest BCUT2D eigenvalue weighted by Gasteiger charge is 2.31. The van der Waals surface area contributed by atoms with E-state index >= 15 is 0 Å². The molecule has 2 aromatic rings. The van der Waals surface area contributed by atoms with E-state index in [0.29, 0.717) is 23.2 Å². The van der Waals surface area contributed by atoms with Crippen LogP contribution in [0.2, 0.25) is 5.02 Å². The van der Waals surface area contributed by atoms with Crippen LogP contribution in [0.4, 0.5) is 0 Å². The molecule has 21 heavy (non-hydrogen) atoms. The van der Waals surface area contributed by atoms with Crippen molar-refractivity contribution < 1.29 is 4.79 Å². The molecule has 1 amide bonds. The zero-order valence-electron chi connectivity index (χ0n) is 11.4. The molecule has 0 saturated heterocycles. The molecule has 3 rings (SSSR count). The molecule has 1 heterocycles. The van der Waals surface area contributed by atoms with E-state index < -0.39 is 0 Å². The van der Waals surface area contributed by atoms with Crippen LogP contribution >= 0.6 is 22.9 Å². The molecule has 0 radical (unpaired) electrons. The molecule has 1 unspecified atom stereocenters. The van der Waals surface area contributed by atoms with Crippen LogP contribution in [-0.4, -0.2) is 23.5 Å². The third kappa shape index (κ3) is 3.26. The van der Waals surface area contributed by atoms with E-state index in [0.717, 1.165) is 23.4 Å². The van der Waals surface area contributed by atoms with Gasteiger partial charge in [0.15, 0.2) is 0 Å². The van der Waals surface area contributed by atoms with Gasteiger partial charge in [-0.2, -0.15) is 0 Å². The van der Waals surface area contributed by atoms with Crippen molar-refractivity contribution >= 4 is 28.8 Å². The molecule has 110 valence electrons. The summed E-state index contributed by atoms with van der Waals surface area (Å²) < 4.78 is 0. The number of benzene rings is 1. The third-order valence-corrected chi connectivity index (χ3v) is 4.81. The Labute approximate surface area is 132 Å². The van der Waals surface area contributed by atoms with Gasteiger partial charge in [0, 0.05) is 23.5 Å². The zero-order valence-corrected chi connectivity index (χ0v) is 13.0. The summed E-state index contributed by atoms with van der Waals surface area (Å²) >= 11 is 7.57. The molecule has 0 bridgehead atoms. The maximum absolute atomic E-state index is 12.2. The molecule has 1 aliphatic carbocycles. The molecular weight excluding hydrogens is 306 g/mol. The smallest absolute Gasteiger partial charge is 0.271 e. The van der Waals surface area contributed by atoms with Crippen LogP contribution < -0.4 is 11.1 Å². The Morgan fingerprint density at radius 2 is 2.24 bits per heavy atom. The predicted molar refractivity (Wildman–Crippen MR) is 85.6 cm³/mol. The lowest BCUT2D eigenvalue weighted by Gasteiger charge is -2.14. The largest absolute Gasteiger partial charge is 0.346 e. The van der Waals surface area contributed by atoms with Crippen molar-refractivity contribution in [1.82, 2.24) is 10.3 Å². The number of nitrogens with two attached hydrogens (primary N) is 1. The fourth-order valence-electron chi connectivity index (χ4n) is 2.25. The first-order chi connectivity index (χ1) is 10.2. The van der Waals surface area contributed by atoms with E-state index in [4.69, 9.17) is 17.3 Å². The van der Waals surface area contributed by atoms with E-state index in [1.165, 1.54) is 11.3 Å². The number of hydrogen-bond donors (Lipinski definition) is 2. The van der Waals surface area contributed by atoms with Gasteiger partial charge in [-0.1, -0.05) is 29.8 Å². The summed E-state index contributed by atoms with van der Waals surface area (Å²) in [6.45, 7) is 0.470. The number of thiazole rings is 1. The standard InChI is InChI=1S/C15H16ClN3OS/c16-11-4-2-1-3-10(11)15-19-13(8-21-15)14(20)18-12(7-17)9-5-6-9/h1-4,8-9,12H,5-7,17H2,(H,18,20). The van der Waals surface area contributed by atoms with Crippen LogP contribution in [0.1, 0.15) is 23.3 Å². The minimum Gasteiger partial charge on any atom is -0.346 e. The van der Waals surface area contributed by atoms with Crippen LogP contribution in [0.3, 0.4) is 0 Å². The molecule has 0 aliphatic heterocycles. The summed E-state index contributed by atoms with van der Waals surface area (Å²) in [7, 11) is 0. The summed E-state index contributed by atoms with van der Waals surface area (Å²) in [5, 5.41) is 6.12. The molecule has 1 fully saturated rings. The predicted octanol–water partition coefficient (Wildman–Crippen LogP) is 2.93. The Hall–Kier alpha value is -1.43. The van der Waals surface area contributed by atoms with E-state index in [2.05, 4.69) is 10.3 Å². The molecule has 1 aliphatic rings. The monoisotopic (exact) mass is 321 g/mol. The van der Waals surface area contributed by atoms with E-state index in [-0.39, 0.29) is 11.9 Å². The normalized spacial score (nSPS) is 15.7. The van der Waals surface area contributed by atoms with Gasteiger partial charge in [-0.05, 0) is 24.8 Å². The summed E-state index contributed by atoms with van der Waals surface area (Å²) in [6, 6.07) is 7.54. The molecule has 1 aromatic heterocycles. The van der Waals surface area contributed by atoms with Crippen LogP contribution in [0, 0.1) is 5.92 Å². The number of nitrogens with zero attached hydrogens (tertiary/aromatic N) is 1. The zero-order chi connectivity index (χ0) is 14.8. The third-order valence-electron chi connectivity index (χ3n) is 3.60. The van der Waals surface area contributed by atoms with Gasteiger partial charge in [-0.15, -0.1) is 11.3 Å². The summed E-state index contributed by atoms with van der Waals surface area (Å²) in [6.07, 6.45) is 2.29. The molecule has 3 N–H and O–H groups in total. The lowest BCUT2D eigenvalue weighted by atomic mass is 10.2. The number of aromatic nitrogens is 1. The van der Waals surface area contributed by atoms with E-state index in [1.807, 2.05) is 24.3 Å². The van der Waals surface area contributed by atoms with Crippen molar-refractivity contribution in [2.24, 2.45) is 11.7 Å². The topological polar surface area (TPSA) is 68.0 Å². The minimum absolute atomic E-state index is 0.0583. The second kappa shape index (κ2) is 6.13. The average molecular weight is 322 g/mol. The molecule has 4 nitrogen and oxygen atoms in total. The number of hydrogen-bond acceptors (Lipinski definition) is 4. The number of nitrogens with one attached hydrogen (secondary N) is 1. The van der Waals surface area contributed by atoms with Gasteiger partial charge < -0.3 is 11.1 Å². The average Bonchev–Trinajstić information content (AvgIpc) is 3.21.